The molecule has 140 valence electrons. The van der Waals surface area contributed by atoms with Gasteiger partial charge in [-0.3, -0.25) is 9.59 Å². The van der Waals surface area contributed by atoms with Gasteiger partial charge < -0.3 is 14.3 Å². The van der Waals surface area contributed by atoms with E-state index in [4.69, 9.17) is 4.42 Å². The van der Waals surface area contributed by atoms with Gasteiger partial charge in [0.15, 0.2) is 5.58 Å². The van der Waals surface area contributed by atoms with Crippen molar-refractivity contribution in [3.05, 3.63) is 83.4 Å². The second-order valence-electron chi connectivity index (χ2n) is 6.53. The first-order chi connectivity index (χ1) is 14.0. The average molecular weight is 383 g/mol. The first-order valence-corrected chi connectivity index (χ1v) is 8.73. The van der Waals surface area contributed by atoms with Crippen molar-refractivity contribution in [3.8, 4) is 11.5 Å². The van der Waals surface area contributed by atoms with Crippen LogP contribution >= 0.6 is 0 Å². The zero-order valence-electron chi connectivity index (χ0n) is 14.8. The zero-order valence-corrected chi connectivity index (χ0v) is 14.8. The molecule has 1 aliphatic rings. The summed E-state index contributed by atoms with van der Waals surface area (Å²) in [6, 6.07) is 17.9. The molecule has 0 aliphatic carbocycles. The van der Waals surface area contributed by atoms with Crippen LogP contribution < -0.4 is 10.0 Å². The van der Waals surface area contributed by atoms with Crippen LogP contribution in [0.25, 0.3) is 22.6 Å². The molecule has 0 saturated carbocycles. The Bertz CT molecular complexity index is 1320. The number of carboxylic acids is 1. The number of hydrogen-bond acceptors (Lipinski definition) is 6. The van der Waals surface area contributed by atoms with E-state index in [1.807, 2.05) is 30.3 Å². The number of rotatable bonds is 3. The smallest absolute Gasteiger partial charge is 0.266 e. The predicted molar refractivity (Wildman–Crippen MR) is 101 cm³/mol. The van der Waals surface area contributed by atoms with Crippen LogP contribution in [0.15, 0.2) is 71.1 Å². The average Bonchev–Trinajstić information content (AvgIpc) is 3.27. The third-order valence-electron chi connectivity index (χ3n) is 4.77. The molecule has 2 amide bonds. The van der Waals surface area contributed by atoms with Crippen molar-refractivity contribution < 1.29 is 23.9 Å². The second kappa shape index (κ2) is 6.13. The minimum absolute atomic E-state index is 0.0296. The highest BCUT2D eigenvalue weighted by atomic mass is 16.4. The molecule has 0 bridgehead atoms. The molecule has 3 aromatic carbocycles. The molecule has 1 aromatic heterocycles. The van der Waals surface area contributed by atoms with Crippen LogP contribution in [0.1, 0.15) is 31.1 Å². The fourth-order valence-corrected chi connectivity index (χ4v) is 3.36. The SMILES string of the molecule is O=C([O-])c1ccc2c(c1)C(=O)N(c1ccc3oc(-c4ccccc4)nc3c1)C2=O. The number of anilines is 1. The van der Waals surface area contributed by atoms with Gasteiger partial charge in [-0.15, -0.1) is 0 Å². The molecule has 0 spiro atoms. The number of aromatic nitrogens is 1. The van der Waals surface area contributed by atoms with E-state index < -0.39 is 17.8 Å². The normalized spacial score (nSPS) is 13.2. The van der Waals surface area contributed by atoms with E-state index in [-0.39, 0.29) is 16.7 Å². The van der Waals surface area contributed by atoms with Crippen molar-refractivity contribution >= 4 is 34.6 Å². The van der Waals surface area contributed by atoms with Gasteiger partial charge in [0.2, 0.25) is 5.89 Å². The second-order valence-corrected chi connectivity index (χ2v) is 6.53. The third kappa shape index (κ3) is 2.60. The molecule has 0 fully saturated rings. The third-order valence-corrected chi connectivity index (χ3v) is 4.77. The van der Waals surface area contributed by atoms with E-state index in [0.29, 0.717) is 22.7 Å². The van der Waals surface area contributed by atoms with Crippen molar-refractivity contribution in [1.82, 2.24) is 4.98 Å². The van der Waals surface area contributed by atoms with Gasteiger partial charge in [-0.2, -0.15) is 0 Å². The fourth-order valence-electron chi connectivity index (χ4n) is 3.36. The summed E-state index contributed by atoms with van der Waals surface area (Å²) in [5.41, 5.74) is 2.16. The summed E-state index contributed by atoms with van der Waals surface area (Å²) in [5, 5.41) is 11.1. The Hall–Kier alpha value is -4.26. The fraction of sp³-hybridized carbons (Fsp3) is 0. The lowest BCUT2D eigenvalue weighted by Gasteiger charge is -2.13. The zero-order chi connectivity index (χ0) is 20.1. The number of carbonyl (C=O) groups is 3. The molecule has 7 nitrogen and oxygen atoms in total. The lowest BCUT2D eigenvalue weighted by molar-refractivity contribution is -0.255. The molecule has 0 atom stereocenters. The molecule has 1 aliphatic heterocycles. The Kier molecular flexibility index (Phi) is 3.57. The summed E-state index contributed by atoms with van der Waals surface area (Å²) in [6.07, 6.45) is 0. The lowest BCUT2D eigenvalue weighted by atomic mass is 10.1. The van der Waals surface area contributed by atoms with Crippen molar-refractivity contribution in [3.63, 3.8) is 0 Å². The van der Waals surface area contributed by atoms with E-state index in [9.17, 15) is 19.5 Å². The number of carboxylic acid groups (broad SMARTS) is 1. The molecule has 7 heteroatoms. The van der Waals surface area contributed by atoms with Gasteiger partial charge in [-0.25, -0.2) is 9.88 Å². The first-order valence-electron chi connectivity index (χ1n) is 8.73. The number of imide groups is 1. The van der Waals surface area contributed by atoms with Gasteiger partial charge >= 0.3 is 0 Å². The van der Waals surface area contributed by atoms with Crippen LogP contribution in [-0.2, 0) is 0 Å². The van der Waals surface area contributed by atoms with Crippen molar-refractivity contribution in [2.45, 2.75) is 0 Å². The summed E-state index contributed by atoms with van der Waals surface area (Å²) in [6.45, 7) is 0. The summed E-state index contributed by atoms with van der Waals surface area (Å²) < 4.78 is 5.76. The van der Waals surface area contributed by atoms with Crippen molar-refractivity contribution in [1.29, 1.82) is 0 Å². The maximum atomic E-state index is 12.8. The number of nitrogens with zero attached hydrogens (tertiary/aromatic N) is 2. The van der Waals surface area contributed by atoms with Gasteiger partial charge in [0.1, 0.15) is 5.52 Å². The maximum absolute atomic E-state index is 12.8. The Morgan fingerprint density at radius 1 is 0.897 bits per heavy atom. The number of aromatic carboxylic acids is 1. The van der Waals surface area contributed by atoms with E-state index in [1.165, 1.54) is 12.1 Å². The first kappa shape index (κ1) is 16.9. The van der Waals surface area contributed by atoms with E-state index in [2.05, 4.69) is 4.98 Å². The highest BCUT2D eigenvalue weighted by Gasteiger charge is 2.37. The monoisotopic (exact) mass is 383 g/mol. The van der Waals surface area contributed by atoms with Crippen LogP contribution in [-0.4, -0.2) is 22.8 Å². The number of benzene rings is 3. The Balaban J connectivity index is 1.56. The summed E-state index contributed by atoms with van der Waals surface area (Å²) in [4.78, 5) is 42.1. The molecule has 5 rings (SSSR count). The highest BCUT2D eigenvalue weighted by molar-refractivity contribution is 6.34. The molecule has 2 heterocycles. The van der Waals surface area contributed by atoms with Gasteiger partial charge in [-0.05, 0) is 48.0 Å². The molecular formula is C22H11N2O5-. The highest BCUT2D eigenvalue weighted by Crippen LogP contribution is 2.32. The summed E-state index contributed by atoms with van der Waals surface area (Å²) >= 11 is 0. The van der Waals surface area contributed by atoms with Crippen LogP contribution in [0.3, 0.4) is 0 Å². The number of oxazole rings is 1. The van der Waals surface area contributed by atoms with Crippen molar-refractivity contribution in [2.24, 2.45) is 0 Å². The summed E-state index contributed by atoms with van der Waals surface area (Å²) in [5.74, 6) is -2.11. The molecule has 0 unspecified atom stereocenters. The molecule has 0 N–H and O–H groups in total. The number of fused-ring (bicyclic) bond motifs is 2. The quantitative estimate of drug-likeness (QED) is 0.504. The largest absolute Gasteiger partial charge is 0.545 e. The Morgan fingerprint density at radius 2 is 1.66 bits per heavy atom. The summed E-state index contributed by atoms with van der Waals surface area (Å²) in [7, 11) is 0. The number of hydrogen-bond donors (Lipinski definition) is 0. The van der Waals surface area contributed by atoms with Crippen LogP contribution in [0.2, 0.25) is 0 Å². The number of amides is 2. The maximum Gasteiger partial charge on any atom is 0.266 e. The predicted octanol–water partition coefficient (Wildman–Crippen LogP) is 2.66. The number of carbonyl (C=O) groups excluding carboxylic acids is 3. The Morgan fingerprint density at radius 3 is 2.41 bits per heavy atom. The molecule has 4 aromatic rings. The van der Waals surface area contributed by atoms with Crippen LogP contribution in [0.5, 0.6) is 0 Å². The van der Waals surface area contributed by atoms with Crippen LogP contribution in [0.4, 0.5) is 5.69 Å². The Labute approximate surface area is 163 Å². The van der Waals surface area contributed by atoms with Crippen molar-refractivity contribution in [2.75, 3.05) is 4.90 Å². The molecule has 0 saturated heterocycles. The molecule has 0 radical (unpaired) electrons. The minimum atomic E-state index is -1.41. The minimum Gasteiger partial charge on any atom is -0.545 e. The standard InChI is InChI=1S/C22H12N2O5/c25-20-15-8-6-13(22(27)28)10-16(15)21(26)24(20)14-7-9-18-17(11-14)23-19(29-18)12-4-2-1-3-5-12/h1-11H,(H,27,28)/p-1. The molecular weight excluding hydrogens is 372 g/mol. The van der Waals surface area contributed by atoms with Gasteiger partial charge in [0.25, 0.3) is 11.8 Å². The van der Waals surface area contributed by atoms with Gasteiger partial charge in [0.05, 0.1) is 22.8 Å². The van der Waals surface area contributed by atoms with Gasteiger partial charge in [0, 0.05) is 5.56 Å². The van der Waals surface area contributed by atoms with Gasteiger partial charge in [-0.1, -0.05) is 24.3 Å². The van der Waals surface area contributed by atoms with E-state index in [1.54, 1.807) is 18.2 Å². The molecule has 29 heavy (non-hydrogen) atoms. The van der Waals surface area contributed by atoms with Crippen LogP contribution in [0, 0.1) is 0 Å². The van der Waals surface area contributed by atoms with E-state index in [0.717, 1.165) is 16.5 Å². The van der Waals surface area contributed by atoms with E-state index >= 15 is 0 Å². The topological polar surface area (TPSA) is 104 Å². The lowest BCUT2D eigenvalue weighted by Crippen LogP contribution is -2.29.